The minimum atomic E-state index is -1.05. The van der Waals surface area contributed by atoms with Gasteiger partial charge >= 0.3 is 5.97 Å². The van der Waals surface area contributed by atoms with Crippen molar-refractivity contribution < 1.29 is 14.7 Å². The predicted octanol–water partition coefficient (Wildman–Crippen LogP) is 0.0966. The summed E-state index contributed by atoms with van der Waals surface area (Å²) in [5.74, 6) is 0.702. The Kier molecular flexibility index (Phi) is 6.97. The van der Waals surface area contributed by atoms with Crippen molar-refractivity contribution in [3.63, 3.8) is 0 Å². The molecule has 0 rings (SSSR count). The van der Waals surface area contributed by atoms with E-state index in [2.05, 4.69) is 11.2 Å². The van der Waals surface area contributed by atoms with E-state index in [1.807, 2.05) is 6.92 Å². The van der Waals surface area contributed by atoms with Crippen molar-refractivity contribution in [2.75, 3.05) is 0 Å². The number of unbranched alkanes of at least 4 members (excludes halogenated alkanes) is 1. The molecule has 4 N–H and O–H groups in total. The van der Waals surface area contributed by atoms with Crippen LogP contribution in [0.1, 0.15) is 32.6 Å². The maximum Gasteiger partial charge on any atom is 0.326 e. The first-order valence-electron chi connectivity index (χ1n) is 5.25. The molecular weight excluding hydrogens is 208 g/mol. The molecule has 0 aromatic carbocycles. The number of hydrogen-bond donors (Lipinski definition) is 3. The highest BCUT2D eigenvalue weighted by atomic mass is 16.4. The Hall–Kier alpha value is -1.54. The van der Waals surface area contributed by atoms with E-state index in [0.29, 0.717) is 6.42 Å². The molecule has 16 heavy (non-hydrogen) atoms. The van der Waals surface area contributed by atoms with Gasteiger partial charge in [-0.1, -0.05) is 19.8 Å². The van der Waals surface area contributed by atoms with Gasteiger partial charge in [0.2, 0.25) is 5.91 Å². The number of rotatable bonds is 7. The third-order valence-electron chi connectivity index (χ3n) is 2.14. The zero-order chi connectivity index (χ0) is 12.6. The summed E-state index contributed by atoms with van der Waals surface area (Å²) < 4.78 is 0. The highest BCUT2D eigenvalue weighted by Gasteiger charge is 2.21. The standard InChI is InChI=1S/C11H18N2O3/c1-3-5-7-9(11(15)16)13-10(14)8(12)6-4-2/h2,8-9H,3,5-7,12H2,1H3,(H,13,14)(H,15,16)/t8?,9-/m0/s1. The molecule has 0 saturated heterocycles. The topological polar surface area (TPSA) is 92.4 Å². The van der Waals surface area contributed by atoms with Crippen LogP contribution in [0, 0.1) is 12.3 Å². The lowest BCUT2D eigenvalue weighted by atomic mass is 10.1. The van der Waals surface area contributed by atoms with Crippen molar-refractivity contribution in [3.8, 4) is 12.3 Å². The van der Waals surface area contributed by atoms with Crippen molar-refractivity contribution in [1.82, 2.24) is 5.32 Å². The minimum absolute atomic E-state index is 0.103. The van der Waals surface area contributed by atoms with Crippen LogP contribution >= 0.6 is 0 Å². The SMILES string of the molecule is C#CCC(N)C(=O)N[C@@H](CCCC)C(=O)O. The van der Waals surface area contributed by atoms with Gasteiger partial charge in [-0.15, -0.1) is 12.3 Å². The van der Waals surface area contributed by atoms with Gasteiger partial charge in [0.15, 0.2) is 0 Å². The van der Waals surface area contributed by atoms with Crippen LogP contribution in [0.25, 0.3) is 0 Å². The first kappa shape index (κ1) is 14.5. The third-order valence-corrected chi connectivity index (χ3v) is 2.14. The third kappa shape index (κ3) is 5.37. The van der Waals surface area contributed by atoms with Crippen LogP contribution in [-0.2, 0) is 9.59 Å². The van der Waals surface area contributed by atoms with E-state index in [9.17, 15) is 9.59 Å². The Labute approximate surface area is 95.4 Å². The zero-order valence-electron chi connectivity index (χ0n) is 9.40. The van der Waals surface area contributed by atoms with Crippen LogP contribution in [0.3, 0.4) is 0 Å². The lowest BCUT2D eigenvalue weighted by molar-refractivity contribution is -0.142. The van der Waals surface area contributed by atoms with Crippen LogP contribution < -0.4 is 11.1 Å². The summed E-state index contributed by atoms with van der Waals surface area (Å²) in [6.45, 7) is 1.95. The first-order chi connectivity index (χ1) is 7.52. The second-order valence-electron chi connectivity index (χ2n) is 3.56. The lowest BCUT2D eigenvalue weighted by Crippen LogP contribution is -2.48. The maximum atomic E-state index is 11.4. The summed E-state index contributed by atoms with van der Waals surface area (Å²) in [6.07, 6.45) is 7.13. The van der Waals surface area contributed by atoms with E-state index in [0.717, 1.165) is 12.8 Å². The molecule has 1 amide bonds. The van der Waals surface area contributed by atoms with Gasteiger partial charge in [0.05, 0.1) is 6.04 Å². The van der Waals surface area contributed by atoms with E-state index >= 15 is 0 Å². The summed E-state index contributed by atoms with van der Waals surface area (Å²) in [5.41, 5.74) is 5.46. The highest BCUT2D eigenvalue weighted by molar-refractivity contribution is 5.86. The summed E-state index contributed by atoms with van der Waals surface area (Å²) in [6, 6.07) is -1.72. The van der Waals surface area contributed by atoms with Crippen molar-refractivity contribution in [1.29, 1.82) is 0 Å². The Morgan fingerprint density at radius 2 is 2.19 bits per heavy atom. The molecule has 1 unspecified atom stereocenters. The normalized spacial score (nSPS) is 13.6. The predicted molar refractivity (Wildman–Crippen MR) is 60.5 cm³/mol. The quantitative estimate of drug-likeness (QED) is 0.537. The van der Waals surface area contributed by atoms with Gasteiger partial charge in [0, 0.05) is 6.42 Å². The highest BCUT2D eigenvalue weighted by Crippen LogP contribution is 2.01. The Morgan fingerprint density at radius 1 is 1.56 bits per heavy atom. The average Bonchev–Trinajstić information content (AvgIpc) is 2.23. The zero-order valence-corrected chi connectivity index (χ0v) is 9.40. The van der Waals surface area contributed by atoms with Gasteiger partial charge in [-0.05, 0) is 6.42 Å². The van der Waals surface area contributed by atoms with E-state index in [1.165, 1.54) is 0 Å². The number of aliphatic carboxylic acids is 1. The van der Waals surface area contributed by atoms with Gasteiger partial charge < -0.3 is 16.2 Å². The van der Waals surface area contributed by atoms with E-state index in [-0.39, 0.29) is 6.42 Å². The lowest BCUT2D eigenvalue weighted by Gasteiger charge is -2.16. The molecular formula is C11H18N2O3. The molecule has 0 saturated carbocycles. The number of nitrogens with two attached hydrogens (primary N) is 1. The van der Waals surface area contributed by atoms with Crippen LogP contribution in [0.4, 0.5) is 0 Å². The van der Waals surface area contributed by atoms with Gasteiger partial charge in [0.1, 0.15) is 6.04 Å². The van der Waals surface area contributed by atoms with Crippen LogP contribution in [0.2, 0.25) is 0 Å². The summed E-state index contributed by atoms with van der Waals surface area (Å²) >= 11 is 0. The molecule has 90 valence electrons. The van der Waals surface area contributed by atoms with Gasteiger partial charge in [-0.3, -0.25) is 4.79 Å². The number of carboxylic acids is 1. The van der Waals surface area contributed by atoms with Crippen molar-refractivity contribution in [2.24, 2.45) is 5.73 Å². The van der Waals surface area contributed by atoms with Gasteiger partial charge in [0.25, 0.3) is 0 Å². The Morgan fingerprint density at radius 3 is 2.62 bits per heavy atom. The summed E-state index contributed by atoms with van der Waals surface area (Å²) in [5, 5.41) is 11.2. The number of amides is 1. The molecule has 5 nitrogen and oxygen atoms in total. The second-order valence-corrected chi connectivity index (χ2v) is 3.56. The minimum Gasteiger partial charge on any atom is -0.480 e. The molecule has 0 aromatic rings. The second kappa shape index (κ2) is 7.71. The number of hydrogen-bond acceptors (Lipinski definition) is 3. The fourth-order valence-electron chi connectivity index (χ4n) is 1.16. The summed E-state index contributed by atoms with van der Waals surface area (Å²) in [7, 11) is 0. The molecule has 5 heteroatoms. The number of nitrogens with one attached hydrogen (secondary N) is 1. The maximum absolute atomic E-state index is 11.4. The molecule has 0 aliphatic carbocycles. The van der Waals surface area contributed by atoms with Gasteiger partial charge in [-0.2, -0.15) is 0 Å². The van der Waals surface area contributed by atoms with E-state index in [1.54, 1.807) is 0 Å². The average molecular weight is 226 g/mol. The molecule has 0 aliphatic heterocycles. The number of terminal acetylenes is 1. The summed E-state index contributed by atoms with van der Waals surface area (Å²) in [4.78, 5) is 22.2. The largest absolute Gasteiger partial charge is 0.480 e. The number of carboxylic acid groups (broad SMARTS) is 1. The van der Waals surface area contributed by atoms with Crippen molar-refractivity contribution in [3.05, 3.63) is 0 Å². The fraction of sp³-hybridized carbons (Fsp3) is 0.636. The van der Waals surface area contributed by atoms with Crippen molar-refractivity contribution >= 4 is 11.9 Å². The molecule has 2 atom stereocenters. The molecule has 0 radical (unpaired) electrons. The number of carbonyl (C=O) groups is 2. The molecule has 0 heterocycles. The van der Waals surface area contributed by atoms with Gasteiger partial charge in [-0.25, -0.2) is 4.79 Å². The van der Waals surface area contributed by atoms with Crippen LogP contribution in [0.15, 0.2) is 0 Å². The Balaban J connectivity index is 4.23. The first-order valence-corrected chi connectivity index (χ1v) is 5.25. The smallest absolute Gasteiger partial charge is 0.326 e. The van der Waals surface area contributed by atoms with E-state index < -0.39 is 24.0 Å². The molecule has 0 spiro atoms. The van der Waals surface area contributed by atoms with Crippen LogP contribution in [0.5, 0.6) is 0 Å². The number of carbonyl (C=O) groups excluding carboxylic acids is 1. The molecule has 0 aromatic heterocycles. The Bertz CT molecular complexity index is 283. The molecule has 0 bridgehead atoms. The van der Waals surface area contributed by atoms with E-state index in [4.69, 9.17) is 17.3 Å². The molecule has 0 fully saturated rings. The fourth-order valence-corrected chi connectivity index (χ4v) is 1.16. The van der Waals surface area contributed by atoms with Crippen LogP contribution in [-0.4, -0.2) is 29.1 Å². The molecule has 0 aliphatic rings. The monoisotopic (exact) mass is 226 g/mol. The van der Waals surface area contributed by atoms with Crippen molar-refractivity contribution in [2.45, 2.75) is 44.7 Å².